The van der Waals surface area contributed by atoms with Gasteiger partial charge in [-0.3, -0.25) is 0 Å². The normalized spacial score (nSPS) is 0. The maximum Gasteiger partial charge on any atom is 3.00 e. The molecule has 0 nitrogen and oxygen atoms in total. The molecule has 0 atom stereocenters. The minimum Gasteiger partial charge on any atom is -2.00 e. The predicted molar refractivity (Wildman–Crippen MR) is 11.5 cm³/mol. The zero-order chi connectivity index (χ0) is 0. The van der Waals surface area contributed by atoms with Gasteiger partial charge in [-0.1, -0.05) is 0 Å². The molecule has 0 heterocycles. The Morgan fingerprint density at radius 3 is 0.500 bits per heavy atom. The first-order valence-corrected chi connectivity index (χ1v) is 0. The Kier molecular flexibility index (Phi) is 174. The summed E-state index contributed by atoms with van der Waals surface area (Å²) in [5.41, 5.74) is 0. The molecule has 0 N–H and O–H groups in total. The van der Waals surface area contributed by atoms with Crippen molar-refractivity contribution in [1.82, 2.24) is 0 Å². The third kappa shape index (κ3) is 8.93. The van der Waals surface area contributed by atoms with Crippen LogP contribution in [-0.4, -0.2) is 34.1 Å². The van der Waals surface area contributed by atoms with Crippen molar-refractivity contribution in [3.8, 4) is 0 Å². The van der Waals surface area contributed by atoms with Crippen LogP contribution in [0.25, 0.3) is 0 Å². The topological polar surface area (TPSA) is 0 Å². The molecule has 0 aliphatic rings. The van der Waals surface area contributed by atoms with Crippen LogP contribution in [0.2, 0.25) is 0 Å². The summed E-state index contributed by atoms with van der Waals surface area (Å²) >= 11 is 0. The van der Waals surface area contributed by atoms with E-state index in [0.29, 0.717) is 0 Å². The second-order valence-electron chi connectivity index (χ2n) is 0. The minimum absolute atomic E-state index is 0. The standard InChI is InChI=1S/2Cr.2Se/q2*+3;2*-2. The fraction of sp³-hybridized carbons (Fsp3) is 0. The first-order valence-electron chi connectivity index (χ1n) is 0. The SMILES string of the molecule is [Cr+3].[Cr+3].[Se-2].[Se-2]. The van der Waals surface area contributed by atoms with Crippen LogP contribution in [0.4, 0.5) is 0 Å². The van der Waals surface area contributed by atoms with Crippen LogP contribution in [0, 0.1) is 0 Å². The van der Waals surface area contributed by atoms with E-state index in [1.54, 1.807) is 0 Å². The quantitative estimate of drug-likeness (QED) is 0.503. The average Bonchev–Trinajstić information content (AvgIpc) is 0. The Morgan fingerprint density at radius 2 is 0.500 bits per heavy atom. The Hall–Kier alpha value is 2.10. The van der Waals surface area contributed by atoms with Gasteiger partial charge in [0.2, 0.25) is 0 Å². The van der Waals surface area contributed by atoms with Gasteiger partial charge >= 0.3 is 34.7 Å². The van der Waals surface area contributed by atoms with Crippen LogP contribution in [0.3, 0.4) is 0 Å². The molecule has 0 aromatic heterocycles. The van der Waals surface area contributed by atoms with E-state index in [1.165, 1.54) is 0 Å². The Bertz CT molecular complexity index is 4.00. The van der Waals surface area contributed by atoms with E-state index >= 15 is 0 Å². The van der Waals surface area contributed by atoms with Gasteiger partial charge in [0.15, 0.2) is 0 Å². The molecule has 0 spiro atoms. The molecule has 0 bridgehead atoms. The number of rotatable bonds is 0. The third-order valence-corrected chi connectivity index (χ3v) is 0. The summed E-state index contributed by atoms with van der Waals surface area (Å²) in [5.74, 6) is 0. The Balaban J connectivity index is 0. The molecular formula is Cr2Se2+2. The average molecular weight is 262 g/mol. The van der Waals surface area contributed by atoms with Crippen molar-refractivity contribution in [1.29, 1.82) is 0 Å². The van der Waals surface area contributed by atoms with Crippen LogP contribution in [0.15, 0.2) is 0 Å². The third-order valence-electron chi connectivity index (χ3n) is 0. The first-order chi connectivity index (χ1) is 0. The van der Waals surface area contributed by atoms with Crippen LogP contribution >= 0.6 is 0 Å². The second kappa shape index (κ2) is 19.4. The summed E-state index contributed by atoms with van der Waals surface area (Å²) in [4.78, 5) is 0. The molecule has 0 aromatic rings. The maximum absolute atomic E-state index is 0. The van der Waals surface area contributed by atoms with Gasteiger partial charge in [0.25, 0.3) is 0 Å². The molecule has 0 aliphatic heterocycles. The van der Waals surface area contributed by atoms with Crippen molar-refractivity contribution in [2.45, 2.75) is 0 Å². The van der Waals surface area contributed by atoms with Gasteiger partial charge in [-0.25, -0.2) is 0 Å². The summed E-state index contributed by atoms with van der Waals surface area (Å²) in [6, 6.07) is 0. The Morgan fingerprint density at radius 1 is 0.500 bits per heavy atom. The molecular weight excluding hydrogens is 262 g/mol. The predicted octanol–water partition coefficient (Wildman–Crippen LogP) is -0.767. The van der Waals surface area contributed by atoms with E-state index < -0.39 is 0 Å². The monoisotopic (exact) mass is 264 g/mol. The Labute approximate surface area is 68.3 Å². The summed E-state index contributed by atoms with van der Waals surface area (Å²) in [6.07, 6.45) is 0. The number of hydrogen-bond donors (Lipinski definition) is 0. The largest absolute Gasteiger partial charge is 3.00 e. The van der Waals surface area contributed by atoms with E-state index in [4.69, 9.17) is 0 Å². The molecule has 0 aliphatic carbocycles. The summed E-state index contributed by atoms with van der Waals surface area (Å²) < 4.78 is 0. The van der Waals surface area contributed by atoms with Crippen LogP contribution in [0.1, 0.15) is 0 Å². The van der Waals surface area contributed by atoms with Gasteiger partial charge in [-0.2, -0.15) is 0 Å². The molecule has 4 heavy (non-hydrogen) atoms. The molecule has 0 amide bonds. The van der Waals surface area contributed by atoms with E-state index in [-0.39, 0.29) is 68.9 Å². The van der Waals surface area contributed by atoms with Gasteiger partial charge < -0.3 is 34.1 Å². The molecule has 2 radical (unpaired) electrons. The maximum atomic E-state index is 0. The van der Waals surface area contributed by atoms with Crippen molar-refractivity contribution in [2.75, 3.05) is 0 Å². The van der Waals surface area contributed by atoms with E-state index in [9.17, 15) is 0 Å². The molecule has 0 aromatic carbocycles. The first kappa shape index (κ1) is 35.9. The van der Waals surface area contributed by atoms with Gasteiger partial charge in [0.1, 0.15) is 0 Å². The molecule has 0 unspecified atom stereocenters. The second-order valence-corrected chi connectivity index (χ2v) is 0. The van der Waals surface area contributed by atoms with Gasteiger partial charge in [0.05, 0.1) is 0 Å². The molecule has 4 heteroatoms. The van der Waals surface area contributed by atoms with Crippen molar-refractivity contribution >= 4 is 34.1 Å². The van der Waals surface area contributed by atoms with E-state index in [0.717, 1.165) is 0 Å². The number of hydrogen-bond acceptors (Lipinski definition) is 0. The summed E-state index contributed by atoms with van der Waals surface area (Å²) in [7, 11) is 0. The van der Waals surface area contributed by atoms with Crippen molar-refractivity contribution in [2.24, 2.45) is 0 Å². The van der Waals surface area contributed by atoms with Gasteiger partial charge in [-0.05, 0) is 0 Å². The fourth-order valence-corrected chi connectivity index (χ4v) is 0. The summed E-state index contributed by atoms with van der Waals surface area (Å²) in [5, 5.41) is 0. The summed E-state index contributed by atoms with van der Waals surface area (Å²) in [6.45, 7) is 0. The molecule has 0 saturated carbocycles. The van der Waals surface area contributed by atoms with Crippen LogP contribution < -0.4 is 0 Å². The van der Waals surface area contributed by atoms with Crippen LogP contribution in [-0.2, 0) is 34.7 Å². The van der Waals surface area contributed by atoms with Gasteiger partial charge in [0, 0.05) is 0 Å². The molecule has 0 saturated heterocycles. The fourth-order valence-electron chi connectivity index (χ4n) is 0. The van der Waals surface area contributed by atoms with Crippen molar-refractivity contribution in [3.63, 3.8) is 0 Å². The van der Waals surface area contributed by atoms with Crippen molar-refractivity contribution in [3.05, 3.63) is 0 Å². The minimum atomic E-state index is 0. The van der Waals surface area contributed by atoms with Gasteiger partial charge in [-0.15, -0.1) is 0 Å². The van der Waals surface area contributed by atoms with Crippen molar-refractivity contribution < 1.29 is 34.7 Å². The molecule has 0 fully saturated rings. The zero-order valence-electron chi connectivity index (χ0n) is 1.63. The zero-order valence-corrected chi connectivity index (χ0v) is 7.61. The van der Waals surface area contributed by atoms with E-state index in [2.05, 4.69) is 0 Å². The molecule has 22 valence electrons. The smallest absolute Gasteiger partial charge is 2.00 e. The van der Waals surface area contributed by atoms with Crippen LogP contribution in [0.5, 0.6) is 0 Å². The molecule has 0 rings (SSSR count). The van der Waals surface area contributed by atoms with E-state index in [1.807, 2.05) is 0 Å².